The monoisotopic (exact) mass is 460 g/mol. The van der Waals surface area contributed by atoms with Crippen LogP contribution in [0.1, 0.15) is 100 Å². The second kappa shape index (κ2) is 12.4. The number of anilines is 1. The molecule has 3 heteroatoms. The molecule has 3 rings (SSSR count). The van der Waals surface area contributed by atoms with E-state index in [0.29, 0.717) is 0 Å². The van der Waals surface area contributed by atoms with E-state index in [2.05, 4.69) is 65.0 Å². The Bertz CT molecular complexity index is 997. The van der Waals surface area contributed by atoms with Crippen molar-refractivity contribution in [2.24, 2.45) is 4.99 Å². The lowest BCUT2D eigenvalue weighted by atomic mass is 9.91. The van der Waals surface area contributed by atoms with Gasteiger partial charge in [-0.1, -0.05) is 71.4 Å². The van der Waals surface area contributed by atoms with E-state index in [9.17, 15) is 5.11 Å². The van der Waals surface area contributed by atoms with Crippen molar-refractivity contribution in [3.8, 4) is 0 Å². The van der Waals surface area contributed by atoms with Crippen LogP contribution < -0.4 is 5.73 Å². The van der Waals surface area contributed by atoms with Gasteiger partial charge in [-0.3, -0.25) is 4.99 Å². The van der Waals surface area contributed by atoms with Gasteiger partial charge < -0.3 is 10.8 Å². The smallest absolute Gasteiger partial charge is 0.0696 e. The van der Waals surface area contributed by atoms with Gasteiger partial charge in [0.15, 0.2) is 0 Å². The Morgan fingerprint density at radius 3 is 1.85 bits per heavy atom. The molecule has 0 saturated carbocycles. The molecule has 3 N–H and O–H groups in total. The highest BCUT2D eigenvalue weighted by Gasteiger charge is 2.17. The Kier molecular flexibility index (Phi) is 9.53. The lowest BCUT2D eigenvalue weighted by Gasteiger charge is -2.20. The average molecular weight is 461 g/mol. The number of benzene rings is 2. The SMILES string of the molecule is CCCC(=Nc1c(CC)cc(Cc2cc(CC)c(N)c(CC)c2)cc1CC)C1=CCC(O)CC1. The van der Waals surface area contributed by atoms with E-state index < -0.39 is 0 Å². The number of nitrogens with zero attached hydrogens (tertiary/aromatic N) is 1. The Hall–Kier alpha value is -2.39. The summed E-state index contributed by atoms with van der Waals surface area (Å²) >= 11 is 0. The maximum Gasteiger partial charge on any atom is 0.0696 e. The predicted octanol–water partition coefficient (Wildman–Crippen LogP) is 7.45. The van der Waals surface area contributed by atoms with Crippen molar-refractivity contribution in [2.75, 3.05) is 5.73 Å². The van der Waals surface area contributed by atoms with Crippen LogP contribution in [-0.2, 0) is 32.1 Å². The topological polar surface area (TPSA) is 58.6 Å². The summed E-state index contributed by atoms with van der Waals surface area (Å²) in [6.45, 7) is 11.1. The van der Waals surface area contributed by atoms with Crippen LogP contribution in [0.4, 0.5) is 11.4 Å². The summed E-state index contributed by atoms with van der Waals surface area (Å²) in [6.07, 6.45) is 11.4. The van der Waals surface area contributed by atoms with Gasteiger partial charge in [0.2, 0.25) is 0 Å². The first-order valence-electron chi connectivity index (χ1n) is 13.4. The Morgan fingerprint density at radius 2 is 1.41 bits per heavy atom. The van der Waals surface area contributed by atoms with Gasteiger partial charge in [-0.15, -0.1) is 0 Å². The van der Waals surface area contributed by atoms with Crippen LogP contribution in [0.3, 0.4) is 0 Å². The molecule has 184 valence electrons. The molecule has 0 saturated heterocycles. The maximum atomic E-state index is 9.93. The maximum absolute atomic E-state index is 9.93. The lowest BCUT2D eigenvalue weighted by Crippen LogP contribution is -2.15. The Balaban J connectivity index is 2.01. The van der Waals surface area contributed by atoms with Gasteiger partial charge in [0.25, 0.3) is 0 Å². The number of aliphatic hydroxyl groups excluding tert-OH is 1. The number of nitrogen functional groups attached to an aromatic ring is 1. The predicted molar refractivity (Wildman–Crippen MR) is 148 cm³/mol. The average Bonchev–Trinajstić information content (AvgIpc) is 2.85. The van der Waals surface area contributed by atoms with Gasteiger partial charge >= 0.3 is 0 Å². The van der Waals surface area contributed by atoms with Crippen LogP contribution in [0.2, 0.25) is 0 Å². The van der Waals surface area contributed by atoms with Gasteiger partial charge in [-0.25, -0.2) is 0 Å². The van der Waals surface area contributed by atoms with E-state index in [1.807, 2.05) is 0 Å². The first kappa shape index (κ1) is 26.2. The molecular formula is C31H44N2O. The fourth-order valence-electron chi connectivity index (χ4n) is 5.13. The van der Waals surface area contributed by atoms with Crippen LogP contribution in [0, 0.1) is 0 Å². The van der Waals surface area contributed by atoms with Gasteiger partial charge in [0.1, 0.15) is 0 Å². The molecule has 0 amide bonds. The highest BCUT2D eigenvalue weighted by molar-refractivity contribution is 6.02. The van der Waals surface area contributed by atoms with Crippen molar-refractivity contribution in [1.82, 2.24) is 0 Å². The van der Waals surface area contributed by atoms with Gasteiger partial charge in [0, 0.05) is 11.4 Å². The van der Waals surface area contributed by atoms with Crippen molar-refractivity contribution >= 4 is 17.1 Å². The molecule has 3 nitrogen and oxygen atoms in total. The number of aliphatic hydroxyl groups is 1. The van der Waals surface area contributed by atoms with E-state index in [-0.39, 0.29) is 6.10 Å². The van der Waals surface area contributed by atoms with E-state index in [1.54, 1.807) is 0 Å². The van der Waals surface area contributed by atoms with Crippen LogP contribution in [0.25, 0.3) is 0 Å². The zero-order valence-corrected chi connectivity index (χ0v) is 22.0. The molecule has 0 fully saturated rings. The second-order valence-electron chi connectivity index (χ2n) is 9.65. The van der Waals surface area contributed by atoms with E-state index in [4.69, 9.17) is 10.7 Å². The quantitative estimate of drug-likeness (QED) is 0.286. The standard InChI is InChI=1S/C31H44N2O/c1-6-11-29(27-12-14-28(34)15-13-27)33-31-25(9-4)19-22(20-26(31)10-5)16-21-17-23(7-2)30(32)24(8-3)18-21/h12,17-20,28,34H,6-11,13-16,32H2,1-5H3. The molecule has 1 aliphatic carbocycles. The normalized spacial score (nSPS) is 16.6. The first-order chi connectivity index (χ1) is 16.4. The van der Waals surface area contributed by atoms with Crippen molar-refractivity contribution in [1.29, 1.82) is 0 Å². The van der Waals surface area contributed by atoms with Gasteiger partial charge in [-0.2, -0.15) is 0 Å². The van der Waals surface area contributed by atoms with Gasteiger partial charge in [-0.05, 0) is 96.7 Å². The molecule has 0 heterocycles. The number of hydrogen-bond donors (Lipinski definition) is 2. The summed E-state index contributed by atoms with van der Waals surface area (Å²) in [6, 6.07) is 9.32. The summed E-state index contributed by atoms with van der Waals surface area (Å²) in [5.74, 6) is 0. The number of rotatable bonds is 10. The molecule has 2 aromatic rings. The molecule has 1 unspecified atom stereocenters. The minimum absolute atomic E-state index is 0.196. The molecule has 0 aromatic heterocycles. The Labute approximate surface area is 207 Å². The number of aliphatic imine (C=N–C) groups is 1. The minimum atomic E-state index is -0.196. The molecule has 0 radical (unpaired) electrons. The van der Waals surface area contributed by atoms with Crippen LogP contribution in [0.5, 0.6) is 0 Å². The highest BCUT2D eigenvalue weighted by Crippen LogP contribution is 2.32. The van der Waals surface area contributed by atoms with Crippen LogP contribution >= 0.6 is 0 Å². The number of hydrogen-bond acceptors (Lipinski definition) is 3. The summed E-state index contributed by atoms with van der Waals surface area (Å²) < 4.78 is 0. The third-order valence-electron chi connectivity index (χ3n) is 7.16. The fraction of sp³-hybridized carbons (Fsp3) is 0.516. The lowest BCUT2D eigenvalue weighted by molar-refractivity contribution is 0.163. The molecular weight excluding hydrogens is 416 g/mol. The summed E-state index contributed by atoms with van der Waals surface area (Å²) in [7, 11) is 0. The first-order valence-corrected chi connectivity index (χ1v) is 13.4. The van der Waals surface area contributed by atoms with E-state index >= 15 is 0 Å². The van der Waals surface area contributed by atoms with Gasteiger partial charge in [0.05, 0.1) is 11.8 Å². The third kappa shape index (κ3) is 6.18. The molecule has 1 atom stereocenters. The fourth-order valence-corrected chi connectivity index (χ4v) is 5.13. The highest BCUT2D eigenvalue weighted by atomic mass is 16.3. The third-order valence-corrected chi connectivity index (χ3v) is 7.16. The molecule has 1 aliphatic rings. The molecule has 0 spiro atoms. The van der Waals surface area contributed by atoms with Crippen LogP contribution in [0.15, 0.2) is 40.9 Å². The van der Waals surface area contributed by atoms with Crippen LogP contribution in [-0.4, -0.2) is 16.9 Å². The molecule has 2 aromatic carbocycles. The summed E-state index contributed by atoms with van der Waals surface area (Å²) in [5.41, 5.74) is 19.0. The summed E-state index contributed by atoms with van der Waals surface area (Å²) in [4.78, 5) is 5.30. The van der Waals surface area contributed by atoms with Crippen molar-refractivity contribution in [3.63, 3.8) is 0 Å². The van der Waals surface area contributed by atoms with Crippen molar-refractivity contribution in [2.45, 2.75) is 105 Å². The van der Waals surface area contributed by atoms with E-state index in [1.165, 1.54) is 50.4 Å². The number of allylic oxidation sites excluding steroid dienone is 1. The number of nitrogens with two attached hydrogens (primary N) is 1. The minimum Gasteiger partial charge on any atom is -0.398 e. The summed E-state index contributed by atoms with van der Waals surface area (Å²) in [5, 5.41) is 9.93. The zero-order valence-electron chi connectivity index (χ0n) is 22.0. The molecule has 0 bridgehead atoms. The molecule has 34 heavy (non-hydrogen) atoms. The van der Waals surface area contributed by atoms with Crippen molar-refractivity contribution < 1.29 is 5.11 Å². The number of aryl methyl sites for hydroxylation is 4. The zero-order chi connectivity index (χ0) is 24.7. The largest absolute Gasteiger partial charge is 0.398 e. The van der Waals surface area contributed by atoms with E-state index in [0.717, 1.165) is 69.9 Å². The van der Waals surface area contributed by atoms with Crippen molar-refractivity contribution in [3.05, 3.63) is 69.3 Å². The Morgan fingerprint density at radius 1 is 0.882 bits per heavy atom. The molecule has 0 aliphatic heterocycles. The second-order valence-corrected chi connectivity index (χ2v) is 9.65.